The van der Waals surface area contributed by atoms with Crippen molar-refractivity contribution in [3.05, 3.63) is 30.1 Å². The lowest BCUT2D eigenvalue weighted by Crippen LogP contribution is -2.32. The van der Waals surface area contributed by atoms with Crippen molar-refractivity contribution in [2.75, 3.05) is 6.54 Å². The summed E-state index contributed by atoms with van der Waals surface area (Å²) in [6.07, 6.45) is 6.69. The summed E-state index contributed by atoms with van der Waals surface area (Å²) in [6.45, 7) is 0.615. The highest BCUT2D eigenvalue weighted by Gasteiger charge is 2.25. The van der Waals surface area contributed by atoms with Gasteiger partial charge in [0.15, 0.2) is 0 Å². The topological polar surface area (TPSA) is 62.2 Å². The van der Waals surface area contributed by atoms with Crippen LogP contribution in [0.4, 0.5) is 0 Å². The largest absolute Gasteiger partial charge is 0.393 e. The van der Waals surface area contributed by atoms with Crippen LogP contribution in [0.25, 0.3) is 0 Å². The number of hydrogen-bond acceptors (Lipinski definition) is 3. The monoisotopic (exact) mass is 262 g/mol. The average molecular weight is 262 g/mol. The normalized spacial score (nSPS) is 22.4. The van der Waals surface area contributed by atoms with E-state index in [1.807, 2.05) is 18.2 Å². The van der Waals surface area contributed by atoms with Crippen LogP contribution < -0.4 is 5.32 Å². The van der Waals surface area contributed by atoms with Crippen molar-refractivity contribution in [1.29, 1.82) is 0 Å². The smallest absolute Gasteiger partial charge is 0.220 e. The number of amides is 1. The molecule has 1 aromatic rings. The highest BCUT2D eigenvalue weighted by atomic mass is 16.3. The van der Waals surface area contributed by atoms with Gasteiger partial charge in [-0.05, 0) is 37.8 Å². The maximum absolute atomic E-state index is 11.7. The number of aryl methyl sites for hydroxylation is 1. The summed E-state index contributed by atoms with van der Waals surface area (Å²) < 4.78 is 0. The van der Waals surface area contributed by atoms with Gasteiger partial charge in [-0.3, -0.25) is 9.78 Å². The molecule has 0 spiro atoms. The van der Waals surface area contributed by atoms with Crippen molar-refractivity contribution in [1.82, 2.24) is 10.3 Å². The van der Waals surface area contributed by atoms with Crippen LogP contribution in [0.5, 0.6) is 0 Å². The molecule has 0 radical (unpaired) electrons. The first-order valence-electron chi connectivity index (χ1n) is 7.10. The maximum Gasteiger partial charge on any atom is 0.220 e. The third-order valence-electron chi connectivity index (χ3n) is 3.74. The second-order valence-corrected chi connectivity index (χ2v) is 5.24. The fourth-order valence-corrected chi connectivity index (χ4v) is 2.56. The minimum atomic E-state index is -0.228. The molecule has 1 aliphatic carbocycles. The highest BCUT2D eigenvalue weighted by Crippen LogP contribution is 2.24. The van der Waals surface area contributed by atoms with Crippen molar-refractivity contribution in [3.8, 4) is 0 Å². The Bertz CT molecular complexity index is 394. The van der Waals surface area contributed by atoms with Crippen LogP contribution in [0.15, 0.2) is 24.4 Å². The fourth-order valence-electron chi connectivity index (χ4n) is 2.56. The van der Waals surface area contributed by atoms with E-state index in [1.54, 1.807) is 6.20 Å². The Morgan fingerprint density at radius 3 is 3.00 bits per heavy atom. The molecule has 0 saturated heterocycles. The van der Waals surface area contributed by atoms with E-state index in [0.717, 1.165) is 37.8 Å². The SMILES string of the molecule is O=C(CCCc1ccccn1)NCC1CCCC1O. The van der Waals surface area contributed by atoms with E-state index < -0.39 is 0 Å². The highest BCUT2D eigenvalue weighted by molar-refractivity contribution is 5.75. The van der Waals surface area contributed by atoms with Crippen LogP contribution in [-0.2, 0) is 11.2 Å². The number of carbonyl (C=O) groups is 1. The van der Waals surface area contributed by atoms with Gasteiger partial charge in [0.1, 0.15) is 0 Å². The van der Waals surface area contributed by atoms with Gasteiger partial charge in [0.2, 0.25) is 5.91 Å². The van der Waals surface area contributed by atoms with Crippen LogP contribution >= 0.6 is 0 Å². The van der Waals surface area contributed by atoms with Crippen molar-refractivity contribution in [3.63, 3.8) is 0 Å². The van der Waals surface area contributed by atoms with Gasteiger partial charge in [0.05, 0.1) is 6.10 Å². The molecule has 2 rings (SSSR count). The van der Waals surface area contributed by atoms with E-state index in [0.29, 0.717) is 13.0 Å². The zero-order chi connectivity index (χ0) is 13.5. The summed E-state index contributed by atoms with van der Waals surface area (Å²) in [5, 5.41) is 12.6. The molecule has 2 unspecified atom stereocenters. The number of nitrogens with zero attached hydrogens (tertiary/aromatic N) is 1. The molecule has 1 saturated carbocycles. The summed E-state index contributed by atoms with van der Waals surface area (Å²) in [4.78, 5) is 15.9. The number of aliphatic hydroxyl groups is 1. The van der Waals surface area contributed by atoms with Gasteiger partial charge in [0, 0.05) is 30.8 Å². The Hall–Kier alpha value is -1.42. The molecule has 1 fully saturated rings. The number of rotatable bonds is 6. The summed E-state index contributed by atoms with van der Waals surface area (Å²) in [7, 11) is 0. The number of aromatic nitrogens is 1. The fraction of sp³-hybridized carbons (Fsp3) is 0.600. The molecule has 2 N–H and O–H groups in total. The van der Waals surface area contributed by atoms with Gasteiger partial charge < -0.3 is 10.4 Å². The van der Waals surface area contributed by atoms with Crippen molar-refractivity contribution in [2.45, 2.75) is 44.6 Å². The molecule has 2 atom stereocenters. The van der Waals surface area contributed by atoms with Crippen LogP contribution in [-0.4, -0.2) is 28.6 Å². The zero-order valence-electron chi connectivity index (χ0n) is 11.2. The molecule has 0 bridgehead atoms. The predicted octanol–water partition coefficient (Wildman–Crippen LogP) is 1.68. The second-order valence-electron chi connectivity index (χ2n) is 5.24. The minimum Gasteiger partial charge on any atom is -0.393 e. The molecule has 1 heterocycles. The molecule has 0 aliphatic heterocycles. The molecule has 0 aromatic carbocycles. The molecule has 1 aliphatic rings. The van der Waals surface area contributed by atoms with Crippen molar-refractivity contribution < 1.29 is 9.90 Å². The summed E-state index contributed by atoms with van der Waals surface area (Å²) >= 11 is 0. The van der Waals surface area contributed by atoms with E-state index in [9.17, 15) is 9.90 Å². The molecular formula is C15H22N2O2. The van der Waals surface area contributed by atoms with E-state index in [2.05, 4.69) is 10.3 Å². The minimum absolute atomic E-state index is 0.0787. The Kier molecular flexibility index (Phi) is 5.33. The summed E-state index contributed by atoms with van der Waals surface area (Å²) in [5.41, 5.74) is 1.03. The summed E-state index contributed by atoms with van der Waals surface area (Å²) in [6, 6.07) is 5.83. The van der Waals surface area contributed by atoms with Gasteiger partial charge in [-0.1, -0.05) is 12.5 Å². The van der Waals surface area contributed by atoms with Gasteiger partial charge in [-0.25, -0.2) is 0 Å². The van der Waals surface area contributed by atoms with E-state index in [1.165, 1.54) is 0 Å². The molecule has 1 aromatic heterocycles. The Morgan fingerprint density at radius 2 is 2.32 bits per heavy atom. The van der Waals surface area contributed by atoms with Gasteiger partial charge >= 0.3 is 0 Å². The average Bonchev–Trinajstić information content (AvgIpc) is 2.83. The van der Waals surface area contributed by atoms with Crippen LogP contribution in [0, 0.1) is 5.92 Å². The van der Waals surface area contributed by atoms with Gasteiger partial charge in [-0.15, -0.1) is 0 Å². The predicted molar refractivity (Wildman–Crippen MR) is 73.5 cm³/mol. The van der Waals surface area contributed by atoms with E-state index in [-0.39, 0.29) is 17.9 Å². The molecule has 104 valence electrons. The summed E-state index contributed by atoms with van der Waals surface area (Å²) in [5.74, 6) is 0.328. The zero-order valence-corrected chi connectivity index (χ0v) is 11.2. The van der Waals surface area contributed by atoms with Gasteiger partial charge in [-0.2, -0.15) is 0 Å². The first kappa shape index (κ1) is 14.0. The number of aliphatic hydroxyl groups excluding tert-OH is 1. The Balaban J connectivity index is 1.59. The number of nitrogens with one attached hydrogen (secondary N) is 1. The van der Waals surface area contributed by atoms with Crippen molar-refractivity contribution >= 4 is 5.91 Å². The molecule has 1 amide bonds. The standard InChI is InChI=1S/C15H22N2O2/c18-14-8-3-5-12(14)11-17-15(19)9-4-7-13-6-1-2-10-16-13/h1-2,6,10,12,14,18H,3-5,7-9,11H2,(H,17,19). The third kappa shape index (κ3) is 4.63. The maximum atomic E-state index is 11.7. The molecule has 4 heteroatoms. The second kappa shape index (κ2) is 7.24. The molecule has 19 heavy (non-hydrogen) atoms. The molecular weight excluding hydrogens is 240 g/mol. The molecule has 4 nitrogen and oxygen atoms in total. The Labute approximate surface area is 114 Å². The first-order valence-corrected chi connectivity index (χ1v) is 7.10. The van der Waals surface area contributed by atoms with E-state index >= 15 is 0 Å². The van der Waals surface area contributed by atoms with Crippen LogP contribution in [0.2, 0.25) is 0 Å². The number of carbonyl (C=O) groups excluding carboxylic acids is 1. The quantitative estimate of drug-likeness (QED) is 0.820. The number of hydrogen-bond donors (Lipinski definition) is 2. The third-order valence-corrected chi connectivity index (χ3v) is 3.74. The van der Waals surface area contributed by atoms with E-state index in [4.69, 9.17) is 0 Å². The van der Waals surface area contributed by atoms with Crippen LogP contribution in [0.1, 0.15) is 37.8 Å². The van der Waals surface area contributed by atoms with Gasteiger partial charge in [0.25, 0.3) is 0 Å². The van der Waals surface area contributed by atoms with Crippen molar-refractivity contribution in [2.24, 2.45) is 5.92 Å². The lowest BCUT2D eigenvalue weighted by Gasteiger charge is -2.14. The first-order chi connectivity index (χ1) is 9.25. The lowest BCUT2D eigenvalue weighted by atomic mass is 10.1. The number of pyridine rings is 1. The lowest BCUT2D eigenvalue weighted by molar-refractivity contribution is -0.121. The Morgan fingerprint density at radius 1 is 1.42 bits per heavy atom. The van der Waals surface area contributed by atoms with Crippen LogP contribution in [0.3, 0.4) is 0 Å².